The Hall–Kier alpha value is -8.58. The minimum atomic E-state index is -0.580. The molecule has 18 heteroatoms. The van der Waals surface area contributed by atoms with Gasteiger partial charge in [0.25, 0.3) is 5.69 Å². The monoisotopic (exact) mass is 1250 g/mol. The molecule has 0 saturated heterocycles. The standard InChI is InChI=1S/C13H12O2.C10H10O.C9H8Cl2O2.C9H9IO2.C8H7NO4.C7H7NO2.C7H8/c1-2-15-13(14)12-8-7-10-5-3-4-6-11(10)9-12;1-9(11)7-8-10-5-3-2-4-6-10;1-2-13-9(12)6-3-7(10)5-8(11)4-6;1-2-12-9(11)7-3-5-8(10)6-4-7;1-13-8(10)6-3-2-4-7(5-6)9(11)12;1-10-7(9)6-3-2-4-8-5-6;1-7-5-3-2-4-6-7/h3-9H,2H2,1H3;2-8H,1H3;3-5H,2H2,1H3;3-6H,2H2,1H3;2-5H,1H3;2-5H,1H3;2-6H,1H3/b;8-7+;;;;;. The second-order valence-corrected chi connectivity index (χ2v) is 18.0. The minimum Gasteiger partial charge on any atom is -0.465 e. The van der Waals surface area contributed by atoms with Gasteiger partial charge in [-0.3, -0.25) is 19.9 Å². The molecule has 0 spiro atoms. The van der Waals surface area contributed by atoms with Crippen molar-refractivity contribution in [3.63, 3.8) is 0 Å². The lowest BCUT2D eigenvalue weighted by atomic mass is 10.1. The molecule has 0 N–H and O–H groups in total. The average molecular weight is 1250 g/mol. The fourth-order valence-electron chi connectivity index (χ4n) is 5.99. The van der Waals surface area contributed by atoms with Crippen LogP contribution in [0.4, 0.5) is 5.69 Å². The maximum Gasteiger partial charge on any atom is 0.339 e. The number of benzene rings is 7. The number of carbonyl (C=O) groups is 6. The number of methoxy groups -OCH3 is 2. The van der Waals surface area contributed by atoms with Crippen LogP contribution in [0.2, 0.25) is 10.0 Å². The first-order valence-electron chi connectivity index (χ1n) is 24.6. The topological polar surface area (TPSA) is 205 Å². The van der Waals surface area contributed by atoms with Gasteiger partial charge in [-0.05, 0) is 152 Å². The molecule has 81 heavy (non-hydrogen) atoms. The van der Waals surface area contributed by atoms with E-state index in [0.29, 0.717) is 52.1 Å². The van der Waals surface area contributed by atoms with E-state index in [-0.39, 0.29) is 34.9 Å². The van der Waals surface area contributed by atoms with Gasteiger partial charge in [-0.25, -0.2) is 24.0 Å². The van der Waals surface area contributed by atoms with Crippen LogP contribution in [-0.4, -0.2) is 79.6 Å². The van der Waals surface area contributed by atoms with E-state index in [9.17, 15) is 38.9 Å². The number of hydrogen-bond acceptors (Lipinski definition) is 14. The third kappa shape index (κ3) is 28.7. The summed E-state index contributed by atoms with van der Waals surface area (Å²) in [6, 6.07) is 54.1. The normalized spacial score (nSPS) is 9.60. The Labute approximate surface area is 495 Å². The number of esters is 5. The van der Waals surface area contributed by atoms with Crippen molar-refractivity contribution >= 4 is 104 Å². The van der Waals surface area contributed by atoms with Crippen molar-refractivity contribution in [3.05, 3.63) is 263 Å². The molecule has 0 aliphatic rings. The first-order chi connectivity index (χ1) is 38.8. The second-order valence-electron chi connectivity index (χ2n) is 15.9. The molecule has 0 aliphatic heterocycles. The maximum atomic E-state index is 11.5. The van der Waals surface area contributed by atoms with Crippen LogP contribution in [0.25, 0.3) is 16.8 Å². The fourth-order valence-corrected chi connectivity index (χ4v) is 6.88. The number of carbonyl (C=O) groups excluding carboxylic acids is 6. The molecule has 0 radical (unpaired) electrons. The second kappa shape index (κ2) is 39.7. The number of hydrogen-bond donors (Lipinski definition) is 0. The van der Waals surface area contributed by atoms with E-state index in [1.165, 1.54) is 62.4 Å². The number of aryl methyl sites for hydroxylation is 1. The lowest BCUT2D eigenvalue weighted by molar-refractivity contribution is -0.384. The smallest absolute Gasteiger partial charge is 0.339 e. The Bertz CT molecular complexity index is 3240. The fraction of sp³-hybridized carbons (Fsp3) is 0.159. The molecule has 0 fully saturated rings. The summed E-state index contributed by atoms with van der Waals surface area (Å²) in [5.74, 6) is -1.78. The lowest BCUT2D eigenvalue weighted by Crippen LogP contribution is -2.04. The predicted octanol–water partition coefficient (Wildman–Crippen LogP) is 15.2. The highest BCUT2D eigenvalue weighted by Crippen LogP contribution is 2.20. The van der Waals surface area contributed by atoms with Crippen LogP contribution in [0.5, 0.6) is 0 Å². The van der Waals surface area contributed by atoms with E-state index in [1.807, 2.05) is 103 Å². The maximum absolute atomic E-state index is 11.5. The zero-order valence-corrected chi connectivity index (χ0v) is 49.3. The molecule has 1 heterocycles. The van der Waals surface area contributed by atoms with E-state index in [0.717, 1.165) is 19.9 Å². The summed E-state index contributed by atoms with van der Waals surface area (Å²) in [5, 5.41) is 13.4. The number of pyridine rings is 1. The van der Waals surface area contributed by atoms with Crippen molar-refractivity contribution in [2.24, 2.45) is 0 Å². The van der Waals surface area contributed by atoms with Crippen LogP contribution in [-0.2, 0) is 28.5 Å². The number of halogens is 3. The highest BCUT2D eigenvalue weighted by molar-refractivity contribution is 14.1. The quantitative estimate of drug-likeness (QED) is 0.0295. The summed E-state index contributed by atoms with van der Waals surface area (Å²) in [7, 11) is 2.57. The third-order valence-corrected chi connectivity index (χ3v) is 11.0. The molecule has 0 aliphatic carbocycles. The SMILES string of the molecule is CC(=O)/C=C/c1ccccc1.CCOC(=O)c1cc(Cl)cc(Cl)c1.CCOC(=O)c1ccc(I)cc1.CCOC(=O)c1ccc2ccccc2c1.COC(=O)c1cccc([N+](=O)[O-])c1.COC(=O)c1cccnc1.Cc1ccccc1. The third-order valence-electron chi connectivity index (χ3n) is 9.80. The molecule has 7 aromatic carbocycles. The molecule has 8 aromatic rings. The molecule has 0 amide bonds. The number of nitrogens with zero attached hydrogens (tertiary/aromatic N) is 2. The Kier molecular flexibility index (Phi) is 33.6. The predicted molar refractivity (Wildman–Crippen MR) is 325 cm³/mol. The Morgan fingerprint density at radius 2 is 1.01 bits per heavy atom. The van der Waals surface area contributed by atoms with Crippen LogP contribution in [0, 0.1) is 20.6 Å². The summed E-state index contributed by atoms with van der Waals surface area (Å²) < 4.78 is 24.5. The van der Waals surface area contributed by atoms with Gasteiger partial charge in [0.1, 0.15) is 0 Å². The van der Waals surface area contributed by atoms with Crippen LogP contribution in [0.1, 0.15) is 90.6 Å². The van der Waals surface area contributed by atoms with Gasteiger partial charge >= 0.3 is 29.8 Å². The van der Waals surface area contributed by atoms with Crippen molar-refractivity contribution in [2.45, 2.75) is 34.6 Å². The molecule has 8 rings (SSSR count). The van der Waals surface area contributed by atoms with Crippen LogP contribution in [0.3, 0.4) is 0 Å². The summed E-state index contributed by atoms with van der Waals surface area (Å²) in [6.45, 7) is 10.1. The average Bonchev–Trinajstić information content (AvgIpc) is 3.49. The van der Waals surface area contributed by atoms with Crippen LogP contribution in [0.15, 0.2) is 200 Å². The van der Waals surface area contributed by atoms with E-state index in [1.54, 1.807) is 76.4 Å². The van der Waals surface area contributed by atoms with E-state index >= 15 is 0 Å². The van der Waals surface area contributed by atoms with Crippen molar-refractivity contribution in [3.8, 4) is 0 Å². The Morgan fingerprint density at radius 1 is 0.531 bits per heavy atom. The number of rotatable bonds is 11. The first-order valence-corrected chi connectivity index (χ1v) is 26.5. The lowest BCUT2D eigenvalue weighted by Gasteiger charge is -2.03. The van der Waals surface area contributed by atoms with Gasteiger partial charge in [0.05, 0.1) is 66.8 Å². The molecular formula is C63H61Cl2IN2O13. The summed E-state index contributed by atoms with van der Waals surface area (Å²) >= 11 is 13.6. The van der Waals surface area contributed by atoms with E-state index < -0.39 is 16.9 Å². The molecule has 0 bridgehead atoms. The molecule has 422 valence electrons. The highest BCUT2D eigenvalue weighted by atomic mass is 127. The van der Waals surface area contributed by atoms with Gasteiger partial charge in [0, 0.05) is 38.1 Å². The Morgan fingerprint density at radius 3 is 1.51 bits per heavy atom. The summed E-state index contributed by atoms with van der Waals surface area (Å²) in [6.07, 6.45) is 6.44. The first kappa shape index (κ1) is 68.5. The number of ether oxygens (including phenoxy) is 5. The van der Waals surface area contributed by atoms with Crippen LogP contribution < -0.4 is 0 Å². The number of nitro benzene ring substituents is 1. The number of non-ortho nitro benzene ring substituents is 1. The molecule has 0 saturated carbocycles. The van der Waals surface area contributed by atoms with E-state index in [2.05, 4.69) is 56.1 Å². The van der Waals surface area contributed by atoms with Gasteiger partial charge in [-0.2, -0.15) is 0 Å². The zero-order valence-electron chi connectivity index (χ0n) is 45.6. The molecular weight excluding hydrogens is 1190 g/mol. The number of nitro groups is 1. The van der Waals surface area contributed by atoms with Gasteiger partial charge in [0.15, 0.2) is 5.78 Å². The number of ketones is 1. The molecule has 15 nitrogen and oxygen atoms in total. The van der Waals surface area contributed by atoms with Gasteiger partial charge in [-0.1, -0.05) is 132 Å². The molecule has 0 atom stereocenters. The summed E-state index contributed by atoms with van der Waals surface area (Å²) in [4.78, 5) is 79.5. The van der Waals surface area contributed by atoms with E-state index in [4.69, 9.17) is 37.4 Å². The highest BCUT2D eigenvalue weighted by Gasteiger charge is 2.12. The summed E-state index contributed by atoms with van der Waals surface area (Å²) in [5.41, 5.74) is 4.50. The number of aromatic nitrogens is 1. The van der Waals surface area contributed by atoms with Gasteiger partial charge < -0.3 is 23.7 Å². The Balaban J connectivity index is 0.000000326. The van der Waals surface area contributed by atoms with Crippen molar-refractivity contribution < 1.29 is 57.4 Å². The van der Waals surface area contributed by atoms with Crippen LogP contribution >= 0.6 is 45.8 Å². The van der Waals surface area contributed by atoms with Crippen molar-refractivity contribution in [1.82, 2.24) is 4.98 Å². The van der Waals surface area contributed by atoms with Crippen molar-refractivity contribution in [2.75, 3.05) is 34.0 Å². The number of allylic oxidation sites excluding steroid dienone is 1. The minimum absolute atomic E-state index is 0.0776. The zero-order chi connectivity index (χ0) is 60.0. The van der Waals surface area contributed by atoms with Crippen molar-refractivity contribution in [1.29, 1.82) is 0 Å². The molecule has 0 unspecified atom stereocenters. The largest absolute Gasteiger partial charge is 0.465 e. The van der Waals surface area contributed by atoms with Gasteiger partial charge in [-0.15, -0.1) is 0 Å². The number of fused-ring (bicyclic) bond motifs is 1. The molecule has 1 aromatic heterocycles. The van der Waals surface area contributed by atoms with Gasteiger partial charge in [0.2, 0.25) is 0 Å².